The lowest BCUT2D eigenvalue weighted by atomic mass is 9.98. The van der Waals surface area contributed by atoms with E-state index in [0.717, 1.165) is 27.1 Å². The van der Waals surface area contributed by atoms with Gasteiger partial charge >= 0.3 is 0 Å². The van der Waals surface area contributed by atoms with Crippen molar-refractivity contribution in [2.24, 2.45) is 7.05 Å². The molecule has 0 aliphatic heterocycles. The minimum atomic E-state index is -0.0774. The summed E-state index contributed by atoms with van der Waals surface area (Å²) in [6.07, 6.45) is 2.25. The third-order valence-corrected chi connectivity index (χ3v) is 5.52. The van der Waals surface area contributed by atoms with E-state index < -0.39 is 0 Å². The second-order valence-electron chi connectivity index (χ2n) is 6.07. The molecule has 3 heterocycles. The van der Waals surface area contributed by atoms with Gasteiger partial charge in [0.1, 0.15) is 16.7 Å². The highest BCUT2D eigenvalue weighted by molar-refractivity contribution is 7.16. The van der Waals surface area contributed by atoms with Crippen LogP contribution in [0.4, 0.5) is 0 Å². The van der Waals surface area contributed by atoms with E-state index in [9.17, 15) is 4.79 Å². The lowest BCUT2D eigenvalue weighted by molar-refractivity contribution is 0.657. The molecule has 1 aromatic carbocycles. The summed E-state index contributed by atoms with van der Waals surface area (Å²) in [6.45, 7) is 2.09. The molecule has 5 nitrogen and oxygen atoms in total. The van der Waals surface area contributed by atoms with Gasteiger partial charge in [-0.2, -0.15) is 0 Å². The summed E-state index contributed by atoms with van der Waals surface area (Å²) >= 11 is 7.71. The van der Waals surface area contributed by atoms with E-state index in [4.69, 9.17) is 11.6 Å². The van der Waals surface area contributed by atoms with E-state index in [1.165, 1.54) is 11.3 Å². The molecule has 3 aromatic heterocycles. The van der Waals surface area contributed by atoms with Gasteiger partial charge in [0.25, 0.3) is 5.56 Å². The van der Waals surface area contributed by atoms with Gasteiger partial charge in [-0.1, -0.05) is 30.7 Å². The molecule has 4 aromatic rings. The quantitative estimate of drug-likeness (QED) is 0.548. The van der Waals surface area contributed by atoms with Crippen LogP contribution in [0, 0.1) is 0 Å². The molecule has 1 atom stereocenters. The normalized spacial score (nSPS) is 12.8. The summed E-state index contributed by atoms with van der Waals surface area (Å²) in [5.74, 6) is 0.0980. The number of fused-ring (bicyclic) bond motifs is 2. The molecule has 0 saturated heterocycles. The van der Waals surface area contributed by atoms with Gasteiger partial charge in [-0.05, 0) is 17.5 Å². The Kier molecular flexibility index (Phi) is 4.01. The lowest BCUT2D eigenvalue weighted by Crippen LogP contribution is -2.22. The predicted molar refractivity (Wildman–Crippen MR) is 102 cm³/mol. The summed E-state index contributed by atoms with van der Waals surface area (Å²) in [6, 6.07) is 7.56. The van der Waals surface area contributed by atoms with Crippen LogP contribution >= 0.6 is 22.9 Å². The average molecular weight is 371 g/mol. The maximum Gasteiger partial charge on any atom is 0.259 e. The SMILES string of the molecule is C[C@H](Cc1ncnc2scnc12)c1cc2cccc(Cl)c2c(=O)n1C. The molecule has 0 N–H and O–H groups in total. The van der Waals surface area contributed by atoms with Gasteiger partial charge in [0.05, 0.1) is 21.6 Å². The topological polar surface area (TPSA) is 60.7 Å². The summed E-state index contributed by atoms with van der Waals surface area (Å²) in [4.78, 5) is 26.6. The first kappa shape index (κ1) is 16.2. The molecule has 0 amide bonds. The number of aromatic nitrogens is 4. The van der Waals surface area contributed by atoms with E-state index in [0.29, 0.717) is 16.8 Å². The van der Waals surface area contributed by atoms with Gasteiger partial charge in [-0.15, -0.1) is 11.3 Å². The van der Waals surface area contributed by atoms with Crippen LogP contribution in [0.3, 0.4) is 0 Å². The lowest BCUT2D eigenvalue weighted by Gasteiger charge is -2.17. The molecule has 0 spiro atoms. The number of nitrogens with zero attached hydrogens (tertiary/aromatic N) is 4. The monoisotopic (exact) mass is 370 g/mol. The molecular weight excluding hydrogens is 356 g/mol. The third-order valence-electron chi connectivity index (χ3n) is 4.47. The van der Waals surface area contributed by atoms with Gasteiger partial charge in [0, 0.05) is 25.1 Å². The van der Waals surface area contributed by atoms with Crippen molar-refractivity contribution in [3.8, 4) is 0 Å². The number of benzene rings is 1. The molecule has 126 valence electrons. The fraction of sp³-hybridized carbons (Fsp3) is 0.222. The maximum atomic E-state index is 12.7. The summed E-state index contributed by atoms with van der Waals surface area (Å²) < 4.78 is 1.68. The summed E-state index contributed by atoms with van der Waals surface area (Å²) in [5, 5.41) is 1.91. The molecule has 0 aliphatic carbocycles. The van der Waals surface area contributed by atoms with Gasteiger partial charge in [0.15, 0.2) is 0 Å². The van der Waals surface area contributed by atoms with Crippen molar-refractivity contribution in [1.82, 2.24) is 19.5 Å². The van der Waals surface area contributed by atoms with E-state index in [1.54, 1.807) is 29.5 Å². The van der Waals surface area contributed by atoms with Crippen molar-refractivity contribution in [2.75, 3.05) is 0 Å². The van der Waals surface area contributed by atoms with Crippen molar-refractivity contribution >= 4 is 44.1 Å². The highest BCUT2D eigenvalue weighted by atomic mass is 35.5. The van der Waals surface area contributed by atoms with Crippen LogP contribution < -0.4 is 5.56 Å². The minimum Gasteiger partial charge on any atom is -0.315 e. The Morgan fingerprint density at radius 1 is 1.28 bits per heavy atom. The van der Waals surface area contributed by atoms with E-state index in [1.807, 2.05) is 18.2 Å². The van der Waals surface area contributed by atoms with Crippen molar-refractivity contribution in [3.05, 3.63) is 62.9 Å². The molecule has 0 aliphatic rings. The van der Waals surface area contributed by atoms with Crippen LogP contribution in [-0.2, 0) is 13.5 Å². The first-order chi connectivity index (χ1) is 12.1. The second-order valence-corrected chi connectivity index (χ2v) is 7.31. The van der Waals surface area contributed by atoms with Gasteiger partial charge in [-0.25, -0.2) is 15.0 Å². The Bertz CT molecular complexity index is 1150. The highest BCUT2D eigenvalue weighted by Gasteiger charge is 2.17. The van der Waals surface area contributed by atoms with Crippen molar-refractivity contribution in [2.45, 2.75) is 19.3 Å². The van der Waals surface area contributed by atoms with E-state index in [-0.39, 0.29) is 11.5 Å². The van der Waals surface area contributed by atoms with Gasteiger partial charge < -0.3 is 4.57 Å². The standard InChI is InChI=1S/C18H15ClN4OS/c1-10(6-13-16-17(21-8-20-13)25-9-22-16)14-7-11-4-3-5-12(19)15(11)18(24)23(14)2/h3-5,7-10H,6H2,1-2H3/t10-/m1/s1. The summed E-state index contributed by atoms with van der Waals surface area (Å²) in [7, 11) is 1.79. The number of pyridine rings is 1. The Morgan fingerprint density at radius 2 is 2.12 bits per heavy atom. The van der Waals surface area contributed by atoms with Gasteiger partial charge in [0.2, 0.25) is 0 Å². The van der Waals surface area contributed by atoms with Crippen molar-refractivity contribution in [3.63, 3.8) is 0 Å². The molecule has 0 radical (unpaired) electrons. The first-order valence-corrected chi connectivity index (χ1v) is 9.13. The number of rotatable bonds is 3. The number of halogens is 1. The minimum absolute atomic E-state index is 0.0774. The Balaban J connectivity index is 1.80. The molecule has 7 heteroatoms. The second kappa shape index (κ2) is 6.20. The van der Waals surface area contributed by atoms with Crippen molar-refractivity contribution < 1.29 is 0 Å². The highest BCUT2D eigenvalue weighted by Crippen LogP contribution is 2.27. The van der Waals surface area contributed by atoms with Crippen LogP contribution in [-0.4, -0.2) is 19.5 Å². The molecule has 25 heavy (non-hydrogen) atoms. The van der Waals surface area contributed by atoms with E-state index in [2.05, 4.69) is 21.9 Å². The van der Waals surface area contributed by atoms with Crippen LogP contribution in [0.25, 0.3) is 21.1 Å². The molecule has 0 bridgehead atoms. The Morgan fingerprint density at radius 3 is 2.96 bits per heavy atom. The Hall–Kier alpha value is -2.31. The third kappa shape index (κ3) is 2.71. The van der Waals surface area contributed by atoms with Crippen molar-refractivity contribution in [1.29, 1.82) is 0 Å². The largest absolute Gasteiger partial charge is 0.315 e. The fourth-order valence-electron chi connectivity index (χ4n) is 3.19. The van der Waals surface area contributed by atoms with Gasteiger partial charge in [-0.3, -0.25) is 4.79 Å². The molecule has 0 fully saturated rings. The molecular formula is C18H15ClN4OS. The van der Waals surface area contributed by atoms with Crippen LogP contribution in [0.2, 0.25) is 5.02 Å². The zero-order valence-corrected chi connectivity index (χ0v) is 15.3. The maximum absolute atomic E-state index is 12.7. The number of hydrogen-bond acceptors (Lipinski definition) is 5. The smallest absolute Gasteiger partial charge is 0.259 e. The molecule has 0 unspecified atom stereocenters. The predicted octanol–water partition coefficient (Wildman–Crippen LogP) is 3.94. The number of hydrogen-bond donors (Lipinski definition) is 0. The first-order valence-electron chi connectivity index (χ1n) is 7.87. The zero-order valence-electron chi connectivity index (χ0n) is 13.7. The number of thiazole rings is 1. The fourth-order valence-corrected chi connectivity index (χ4v) is 4.10. The van der Waals surface area contributed by atoms with E-state index >= 15 is 0 Å². The zero-order chi connectivity index (χ0) is 17.6. The average Bonchev–Trinajstić information content (AvgIpc) is 3.07. The Labute approximate surface area is 153 Å². The van der Waals surface area contributed by atoms with Crippen LogP contribution in [0.5, 0.6) is 0 Å². The summed E-state index contributed by atoms with van der Waals surface area (Å²) in [5.41, 5.74) is 4.39. The van der Waals surface area contributed by atoms with Crippen LogP contribution in [0.15, 0.2) is 40.9 Å². The molecule has 0 saturated carbocycles. The molecule has 4 rings (SSSR count). The van der Waals surface area contributed by atoms with Crippen LogP contribution in [0.1, 0.15) is 24.2 Å².